The summed E-state index contributed by atoms with van der Waals surface area (Å²) in [7, 11) is 0. The highest BCUT2D eigenvalue weighted by Crippen LogP contribution is 2.34. The lowest BCUT2D eigenvalue weighted by Crippen LogP contribution is -2.11. The van der Waals surface area contributed by atoms with Gasteiger partial charge in [0, 0.05) is 29.8 Å². The van der Waals surface area contributed by atoms with E-state index in [9.17, 15) is 4.39 Å². The number of thiophene rings is 1. The highest BCUT2D eigenvalue weighted by molar-refractivity contribution is 7.16. The average molecular weight is 220 g/mol. The van der Waals surface area contributed by atoms with Gasteiger partial charge < -0.3 is 5.32 Å². The van der Waals surface area contributed by atoms with E-state index in [2.05, 4.69) is 5.32 Å². The first-order chi connectivity index (χ1) is 6.31. The minimum atomic E-state index is -0.243. The lowest BCUT2D eigenvalue weighted by atomic mass is 9.96. The van der Waals surface area contributed by atoms with E-state index in [1.807, 2.05) is 12.1 Å². The Kier molecular flexibility index (Phi) is 2.86. The second-order valence-electron chi connectivity index (χ2n) is 3.32. The molecule has 2 heterocycles. The number of rotatable bonds is 2. The lowest BCUT2D eigenvalue weighted by Gasteiger charge is -2.12. The van der Waals surface area contributed by atoms with E-state index >= 15 is 0 Å². The summed E-state index contributed by atoms with van der Waals surface area (Å²) in [5.74, 6) is 0.456. The molecule has 0 aromatic carbocycles. The predicted octanol–water partition coefficient (Wildman–Crippen LogP) is 2.67. The van der Waals surface area contributed by atoms with Gasteiger partial charge in [-0.15, -0.1) is 11.3 Å². The van der Waals surface area contributed by atoms with Gasteiger partial charge in [-0.05, 0) is 12.1 Å². The Morgan fingerprint density at radius 1 is 1.54 bits per heavy atom. The summed E-state index contributed by atoms with van der Waals surface area (Å²) in [6.07, 6.45) is 0. The molecule has 0 aliphatic carbocycles. The molecule has 0 bridgehead atoms. The van der Waals surface area contributed by atoms with Crippen LogP contribution >= 0.6 is 22.9 Å². The minimum absolute atomic E-state index is 0.134. The maximum atomic E-state index is 12.6. The number of hydrogen-bond donors (Lipinski definition) is 1. The van der Waals surface area contributed by atoms with Gasteiger partial charge >= 0.3 is 0 Å². The van der Waals surface area contributed by atoms with E-state index < -0.39 is 0 Å². The summed E-state index contributed by atoms with van der Waals surface area (Å²) in [5, 5.41) is 3.20. The molecule has 1 saturated heterocycles. The van der Waals surface area contributed by atoms with E-state index in [4.69, 9.17) is 11.6 Å². The van der Waals surface area contributed by atoms with Crippen LogP contribution in [0, 0.1) is 5.92 Å². The van der Waals surface area contributed by atoms with Gasteiger partial charge in [0.05, 0.1) is 11.0 Å². The molecule has 1 fully saturated rings. The fourth-order valence-electron chi connectivity index (χ4n) is 1.76. The van der Waals surface area contributed by atoms with Crippen molar-refractivity contribution in [2.45, 2.75) is 5.92 Å². The van der Waals surface area contributed by atoms with Gasteiger partial charge in [-0.1, -0.05) is 11.6 Å². The molecule has 0 saturated carbocycles. The maximum absolute atomic E-state index is 12.6. The van der Waals surface area contributed by atoms with Crippen LogP contribution in [0.3, 0.4) is 0 Å². The number of alkyl halides is 1. The van der Waals surface area contributed by atoms with E-state index in [0.29, 0.717) is 5.92 Å². The molecule has 2 rings (SSSR count). The maximum Gasteiger partial charge on any atom is 0.0941 e. The van der Waals surface area contributed by atoms with E-state index in [0.717, 1.165) is 17.4 Å². The zero-order valence-electron chi connectivity index (χ0n) is 7.09. The smallest absolute Gasteiger partial charge is 0.0941 e. The molecule has 0 unspecified atom stereocenters. The first-order valence-corrected chi connectivity index (χ1v) is 5.52. The van der Waals surface area contributed by atoms with Gasteiger partial charge in [-0.25, -0.2) is 0 Å². The van der Waals surface area contributed by atoms with Crippen molar-refractivity contribution < 1.29 is 4.39 Å². The summed E-state index contributed by atoms with van der Waals surface area (Å²) < 4.78 is 13.4. The van der Waals surface area contributed by atoms with Crippen LogP contribution in [-0.2, 0) is 0 Å². The standard InChI is InChI=1S/C9H11ClFNS/c10-9-2-1-8(13-9)7-5-12-4-6(7)3-11/h1-2,6-7,12H,3-5H2/t6-,7+/m1/s1. The quantitative estimate of drug-likeness (QED) is 0.807. The van der Waals surface area contributed by atoms with Gasteiger partial charge in [0.25, 0.3) is 0 Å². The second-order valence-corrected chi connectivity index (χ2v) is 5.07. The first-order valence-electron chi connectivity index (χ1n) is 4.33. The largest absolute Gasteiger partial charge is 0.316 e. The average Bonchev–Trinajstić information content (AvgIpc) is 2.71. The molecule has 1 aromatic rings. The minimum Gasteiger partial charge on any atom is -0.316 e. The van der Waals surface area contributed by atoms with Crippen LogP contribution in [0.5, 0.6) is 0 Å². The predicted molar refractivity (Wildman–Crippen MR) is 54.4 cm³/mol. The Morgan fingerprint density at radius 2 is 2.38 bits per heavy atom. The molecule has 2 atom stereocenters. The number of nitrogens with one attached hydrogen (secondary N) is 1. The van der Waals surface area contributed by atoms with Crippen LogP contribution in [0.25, 0.3) is 0 Å². The monoisotopic (exact) mass is 219 g/mol. The summed E-state index contributed by atoms with van der Waals surface area (Å²) >= 11 is 7.40. The van der Waals surface area contributed by atoms with Crippen molar-refractivity contribution in [2.75, 3.05) is 19.8 Å². The van der Waals surface area contributed by atoms with Gasteiger partial charge in [0.15, 0.2) is 0 Å². The third-order valence-electron chi connectivity index (χ3n) is 2.50. The zero-order chi connectivity index (χ0) is 9.26. The van der Waals surface area contributed by atoms with Crippen LogP contribution < -0.4 is 5.32 Å². The van der Waals surface area contributed by atoms with Crippen molar-refractivity contribution >= 4 is 22.9 Å². The van der Waals surface area contributed by atoms with Crippen molar-refractivity contribution in [3.05, 3.63) is 21.3 Å². The number of hydrogen-bond acceptors (Lipinski definition) is 2. The Balaban J connectivity index is 2.15. The highest BCUT2D eigenvalue weighted by Gasteiger charge is 2.29. The highest BCUT2D eigenvalue weighted by atomic mass is 35.5. The Labute approximate surface area is 85.9 Å². The third kappa shape index (κ3) is 1.87. The van der Waals surface area contributed by atoms with Crippen molar-refractivity contribution in [3.63, 3.8) is 0 Å². The van der Waals surface area contributed by atoms with Crippen LogP contribution in [0.15, 0.2) is 12.1 Å². The van der Waals surface area contributed by atoms with Crippen molar-refractivity contribution in [1.82, 2.24) is 5.32 Å². The topological polar surface area (TPSA) is 12.0 Å². The van der Waals surface area contributed by atoms with Crippen molar-refractivity contribution in [2.24, 2.45) is 5.92 Å². The van der Waals surface area contributed by atoms with Crippen LogP contribution in [0.2, 0.25) is 4.34 Å². The summed E-state index contributed by atoms with van der Waals surface area (Å²) in [4.78, 5) is 1.21. The molecule has 1 aromatic heterocycles. The Morgan fingerprint density at radius 3 is 3.00 bits per heavy atom. The molecule has 0 radical (unpaired) electrons. The molecular weight excluding hydrogens is 209 g/mol. The molecule has 4 heteroatoms. The normalized spacial score (nSPS) is 28.2. The lowest BCUT2D eigenvalue weighted by molar-refractivity contribution is 0.360. The van der Waals surface area contributed by atoms with Gasteiger partial charge in [-0.2, -0.15) is 0 Å². The fraction of sp³-hybridized carbons (Fsp3) is 0.556. The third-order valence-corrected chi connectivity index (χ3v) is 3.86. The Bertz CT molecular complexity index is 289. The molecule has 1 aliphatic rings. The molecule has 1 N–H and O–H groups in total. The fourth-order valence-corrected chi connectivity index (χ4v) is 3.01. The first kappa shape index (κ1) is 9.44. The second kappa shape index (κ2) is 3.95. The zero-order valence-corrected chi connectivity index (χ0v) is 8.67. The van der Waals surface area contributed by atoms with Crippen molar-refractivity contribution in [3.8, 4) is 0 Å². The molecule has 1 nitrogen and oxygen atoms in total. The van der Waals surface area contributed by atoms with Gasteiger partial charge in [0.2, 0.25) is 0 Å². The SMILES string of the molecule is FC[C@@H]1CNC[C@@H]1c1ccc(Cl)s1. The van der Waals surface area contributed by atoms with Crippen LogP contribution in [0.4, 0.5) is 4.39 Å². The molecule has 0 amide bonds. The summed E-state index contributed by atoms with van der Waals surface area (Å²) in [6.45, 7) is 1.43. The summed E-state index contributed by atoms with van der Waals surface area (Å²) in [5.41, 5.74) is 0. The van der Waals surface area contributed by atoms with Crippen LogP contribution in [0.1, 0.15) is 10.8 Å². The van der Waals surface area contributed by atoms with Gasteiger partial charge in [0.1, 0.15) is 0 Å². The molecule has 0 spiro atoms. The molecule has 72 valence electrons. The van der Waals surface area contributed by atoms with Gasteiger partial charge in [-0.3, -0.25) is 4.39 Å². The van der Waals surface area contributed by atoms with Crippen LogP contribution in [-0.4, -0.2) is 19.8 Å². The van der Waals surface area contributed by atoms with Crippen molar-refractivity contribution in [1.29, 1.82) is 0 Å². The van der Waals surface area contributed by atoms with E-state index in [1.54, 1.807) is 11.3 Å². The Hall–Kier alpha value is -0.120. The van der Waals surface area contributed by atoms with E-state index in [-0.39, 0.29) is 12.6 Å². The summed E-state index contributed by atoms with van der Waals surface area (Å²) in [6, 6.07) is 3.89. The van der Waals surface area contributed by atoms with E-state index in [1.165, 1.54) is 4.88 Å². The molecule has 13 heavy (non-hydrogen) atoms. The number of halogens is 2. The molecule has 1 aliphatic heterocycles. The molecular formula is C9H11ClFNS.